The maximum atomic E-state index is 11.9. The van der Waals surface area contributed by atoms with Crippen LogP contribution in [0.1, 0.15) is 45.1 Å². The number of nitrogens with one attached hydrogen (secondary N) is 1. The van der Waals surface area contributed by atoms with E-state index in [1.54, 1.807) is 0 Å². The summed E-state index contributed by atoms with van der Waals surface area (Å²) in [6, 6.07) is 17.1. The number of nitrogens with zero attached hydrogens (tertiary/aromatic N) is 1. The van der Waals surface area contributed by atoms with E-state index in [0.717, 1.165) is 18.7 Å². The normalized spacial score (nSPS) is 10.8. The molecular weight excluding hydrogens is 336 g/mol. The van der Waals surface area contributed by atoms with E-state index < -0.39 is 6.09 Å². The Bertz CT molecular complexity index is 648. The molecule has 0 fully saturated rings. The molecule has 4 heteroatoms. The zero-order chi connectivity index (χ0) is 19.3. The van der Waals surface area contributed by atoms with Gasteiger partial charge in [0.15, 0.2) is 0 Å². The van der Waals surface area contributed by atoms with Crippen LogP contribution >= 0.6 is 0 Å². The lowest BCUT2D eigenvalue weighted by Gasteiger charge is -2.22. The molecule has 0 aliphatic heterocycles. The van der Waals surface area contributed by atoms with E-state index in [1.165, 1.54) is 44.3 Å². The van der Waals surface area contributed by atoms with E-state index in [2.05, 4.69) is 24.1 Å². The SMILES string of the molecule is CCCCN(CCCC)CCc1ccc(OC(=O)Nc2ccccc2)cc1. The molecule has 2 rings (SSSR count). The van der Waals surface area contributed by atoms with E-state index in [9.17, 15) is 4.79 Å². The lowest BCUT2D eigenvalue weighted by atomic mass is 10.1. The van der Waals surface area contributed by atoms with Crippen molar-refractivity contribution in [1.29, 1.82) is 0 Å². The van der Waals surface area contributed by atoms with Gasteiger partial charge in [0.2, 0.25) is 0 Å². The summed E-state index contributed by atoms with van der Waals surface area (Å²) in [7, 11) is 0. The zero-order valence-electron chi connectivity index (χ0n) is 16.6. The Kier molecular flexibility index (Phi) is 9.42. The fourth-order valence-electron chi connectivity index (χ4n) is 2.88. The van der Waals surface area contributed by atoms with Crippen LogP contribution in [0, 0.1) is 0 Å². The van der Waals surface area contributed by atoms with Crippen LogP contribution in [0.2, 0.25) is 0 Å². The molecule has 2 aromatic carbocycles. The molecule has 0 aliphatic carbocycles. The van der Waals surface area contributed by atoms with Crippen molar-refractivity contribution in [2.45, 2.75) is 46.0 Å². The molecule has 0 atom stereocenters. The highest BCUT2D eigenvalue weighted by atomic mass is 16.6. The van der Waals surface area contributed by atoms with Gasteiger partial charge in [-0.25, -0.2) is 4.79 Å². The molecule has 0 bridgehead atoms. The van der Waals surface area contributed by atoms with Gasteiger partial charge in [-0.15, -0.1) is 0 Å². The summed E-state index contributed by atoms with van der Waals surface area (Å²) in [4.78, 5) is 14.5. The minimum atomic E-state index is -0.473. The highest BCUT2D eigenvalue weighted by Gasteiger charge is 2.07. The van der Waals surface area contributed by atoms with Gasteiger partial charge in [0, 0.05) is 12.2 Å². The monoisotopic (exact) mass is 368 g/mol. The van der Waals surface area contributed by atoms with Crippen LogP contribution in [0.5, 0.6) is 5.75 Å². The Hall–Kier alpha value is -2.33. The quantitative estimate of drug-likeness (QED) is 0.550. The lowest BCUT2D eigenvalue weighted by molar-refractivity contribution is 0.215. The standard InChI is InChI=1S/C23H32N2O2/c1-3-5-17-25(18-6-4-2)19-16-20-12-14-22(15-13-20)27-23(26)24-21-10-8-7-9-11-21/h7-15H,3-6,16-19H2,1-2H3,(H,24,26). The number of carbonyl (C=O) groups excluding carboxylic acids is 1. The molecule has 0 heterocycles. The van der Waals surface area contributed by atoms with Gasteiger partial charge in [0.05, 0.1) is 0 Å². The third-order valence-electron chi connectivity index (χ3n) is 4.53. The largest absolute Gasteiger partial charge is 0.417 e. The van der Waals surface area contributed by atoms with Crippen LogP contribution in [0.25, 0.3) is 0 Å². The van der Waals surface area contributed by atoms with Gasteiger partial charge in [0.1, 0.15) is 5.75 Å². The van der Waals surface area contributed by atoms with Gasteiger partial charge in [-0.05, 0) is 62.2 Å². The van der Waals surface area contributed by atoms with Crippen molar-refractivity contribution in [2.24, 2.45) is 0 Å². The molecule has 0 unspecified atom stereocenters. The molecule has 0 aliphatic rings. The number of hydrogen-bond acceptors (Lipinski definition) is 3. The second-order valence-corrected chi connectivity index (χ2v) is 6.82. The fraction of sp³-hybridized carbons (Fsp3) is 0.435. The highest BCUT2D eigenvalue weighted by molar-refractivity contribution is 5.86. The minimum Gasteiger partial charge on any atom is -0.410 e. The average Bonchev–Trinajstić information content (AvgIpc) is 2.69. The Morgan fingerprint density at radius 3 is 2.11 bits per heavy atom. The maximum Gasteiger partial charge on any atom is 0.417 e. The van der Waals surface area contributed by atoms with E-state index in [4.69, 9.17) is 4.74 Å². The molecule has 2 aromatic rings. The molecule has 0 radical (unpaired) electrons. The third kappa shape index (κ3) is 8.27. The van der Waals surface area contributed by atoms with E-state index in [-0.39, 0.29) is 0 Å². The van der Waals surface area contributed by atoms with Crippen molar-refractivity contribution in [3.8, 4) is 5.75 Å². The first-order chi connectivity index (χ1) is 13.2. The van der Waals surface area contributed by atoms with Crippen LogP contribution in [-0.2, 0) is 6.42 Å². The maximum absolute atomic E-state index is 11.9. The van der Waals surface area contributed by atoms with Crippen LogP contribution in [-0.4, -0.2) is 30.6 Å². The van der Waals surface area contributed by atoms with Crippen LogP contribution in [0.4, 0.5) is 10.5 Å². The van der Waals surface area contributed by atoms with Crippen molar-refractivity contribution in [3.63, 3.8) is 0 Å². The minimum absolute atomic E-state index is 0.473. The zero-order valence-corrected chi connectivity index (χ0v) is 16.6. The summed E-state index contributed by atoms with van der Waals surface area (Å²) < 4.78 is 5.34. The molecule has 1 N–H and O–H groups in total. The Morgan fingerprint density at radius 2 is 1.52 bits per heavy atom. The predicted octanol–water partition coefficient (Wildman–Crippen LogP) is 5.74. The first-order valence-electron chi connectivity index (χ1n) is 10.1. The fourth-order valence-corrected chi connectivity index (χ4v) is 2.88. The summed E-state index contributed by atoms with van der Waals surface area (Å²) >= 11 is 0. The van der Waals surface area contributed by atoms with Gasteiger partial charge < -0.3 is 9.64 Å². The highest BCUT2D eigenvalue weighted by Crippen LogP contribution is 2.15. The summed E-state index contributed by atoms with van der Waals surface area (Å²) in [6.07, 6.45) is 5.53. The number of benzene rings is 2. The molecular formula is C23H32N2O2. The molecule has 0 saturated heterocycles. The van der Waals surface area contributed by atoms with E-state index in [1.807, 2.05) is 54.6 Å². The molecule has 0 spiro atoms. The topological polar surface area (TPSA) is 41.6 Å². The first-order valence-corrected chi connectivity index (χ1v) is 10.1. The number of unbranched alkanes of at least 4 members (excludes halogenated alkanes) is 2. The lowest BCUT2D eigenvalue weighted by Crippen LogP contribution is -2.28. The van der Waals surface area contributed by atoms with Gasteiger partial charge in [-0.1, -0.05) is 57.0 Å². The predicted molar refractivity (Wildman–Crippen MR) is 112 cm³/mol. The summed E-state index contributed by atoms with van der Waals surface area (Å²) in [5, 5.41) is 2.72. The third-order valence-corrected chi connectivity index (χ3v) is 4.53. The molecule has 1 amide bonds. The Labute approximate surface area is 163 Å². The van der Waals surface area contributed by atoms with Crippen molar-refractivity contribution >= 4 is 11.8 Å². The second kappa shape index (κ2) is 12.1. The van der Waals surface area contributed by atoms with Gasteiger partial charge in [-0.3, -0.25) is 5.32 Å². The summed E-state index contributed by atoms with van der Waals surface area (Å²) in [5.74, 6) is 0.556. The van der Waals surface area contributed by atoms with E-state index >= 15 is 0 Å². The van der Waals surface area contributed by atoms with Crippen molar-refractivity contribution in [1.82, 2.24) is 4.90 Å². The molecule has 146 valence electrons. The number of anilines is 1. The second-order valence-electron chi connectivity index (χ2n) is 6.82. The van der Waals surface area contributed by atoms with Gasteiger partial charge in [0.25, 0.3) is 0 Å². The average molecular weight is 369 g/mol. The number of para-hydroxylation sites is 1. The van der Waals surface area contributed by atoms with Crippen molar-refractivity contribution in [2.75, 3.05) is 25.0 Å². The smallest absolute Gasteiger partial charge is 0.410 e. The Morgan fingerprint density at radius 1 is 0.889 bits per heavy atom. The van der Waals surface area contributed by atoms with E-state index in [0.29, 0.717) is 5.75 Å². The van der Waals surface area contributed by atoms with Gasteiger partial charge in [-0.2, -0.15) is 0 Å². The van der Waals surface area contributed by atoms with Crippen LogP contribution in [0.15, 0.2) is 54.6 Å². The molecule has 0 aromatic heterocycles. The van der Waals surface area contributed by atoms with Crippen LogP contribution in [0.3, 0.4) is 0 Å². The number of hydrogen-bond donors (Lipinski definition) is 1. The summed E-state index contributed by atoms with van der Waals surface area (Å²) in [5.41, 5.74) is 1.99. The van der Waals surface area contributed by atoms with Crippen molar-refractivity contribution < 1.29 is 9.53 Å². The van der Waals surface area contributed by atoms with Gasteiger partial charge >= 0.3 is 6.09 Å². The Balaban J connectivity index is 1.80. The number of carbonyl (C=O) groups is 1. The molecule has 4 nitrogen and oxygen atoms in total. The van der Waals surface area contributed by atoms with Crippen LogP contribution < -0.4 is 10.1 Å². The van der Waals surface area contributed by atoms with Crippen molar-refractivity contribution in [3.05, 3.63) is 60.2 Å². The number of rotatable bonds is 11. The molecule has 0 saturated carbocycles. The number of ether oxygens (including phenoxy) is 1. The summed E-state index contributed by atoms with van der Waals surface area (Å²) in [6.45, 7) is 7.92. The first kappa shape index (κ1) is 21.0. The number of amides is 1. The molecule has 27 heavy (non-hydrogen) atoms.